The van der Waals surface area contributed by atoms with Crippen LogP contribution >= 0.6 is 0 Å². The highest BCUT2D eigenvalue weighted by molar-refractivity contribution is 5.80. The largest absolute Gasteiger partial charge is 0.493 e. The monoisotopic (exact) mass is 333 g/mol. The third-order valence-corrected chi connectivity index (χ3v) is 4.12. The number of para-hydroxylation sites is 1. The Labute approximate surface area is 145 Å². The Morgan fingerprint density at radius 2 is 2.21 bits per heavy atom. The Kier molecular flexibility index (Phi) is 7.37. The van der Waals surface area contributed by atoms with Crippen molar-refractivity contribution >= 4 is 5.96 Å². The number of hydrogen-bond acceptors (Lipinski definition) is 3. The highest BCUT2D eigenvalue weighted by Gasteiger charge is 2.22. The number of ether oxygens (including phenoxy) is 1. The molecule has 0 radical (unpaired) electrons. The van der Waals surface area contributed by atoms with Crippen LogP contribution in [0.15, 0.2) is 29.3 Å². The first-order valence-electron chi connectivity index (χ1n) is 9.02. The van der Waals surface area contributed by atoms with Crippen LogP contribution in [0.4, 0.5) is 0 Å². The van der Waals surface area contributed by atoms with Gasteiger partial charge in [0, 0.05) is 25.2 Å². The van der Waals surface area contributed by atoms with E-state index < -0.39 is 0 Å². The Hall–Kier alpha value is -1.75. The van der Waals surface area contributed by atoms with Gasteiger partial charge >= 0.3 is 0 Å². The summed E-state index contributed by atoms with van der Waals surface area (Å²) in [6, 6.07) is 8.10. The van der Waals surface area contributed by atoms with Gasteiger partial charge in [0.2, 0.25) is 0 Å². The fourth-order valence-corrected chi connectivity index (χ4v) is 2.70. The van der Waals surface area contributed by atoms with E-state index in [0.29, 0.717) is 19.0 Å². The van der Waals surface area contributed by atoms with Crippen LogP contribution in [0.25, 0.3) is 0 Å². The van der Waals surface area contributed by atoms with Gasteiger partial charge < -0.3 is 20.1 Å². The number of aliphatic hydroxyl groups excluding tert-OH is 1. The van der Waals surface area contributed by atoms with Gasteiger partial charge in [-0.25, -0.2) is 4.99 Å². The third-order valence-electron chi connectivity index (χ3n) is 4.12. The Balaban J connectivity index is 2.02. The van der Waals surface area contributed by atoms with E-state index in [9.17, 15) is 5.11 Å². The molecule has 134 valence electrons. The van der Waals surface area contributed by atoms with Crippen LogP contribution in [0.5, 0.6) is 5.75 Å². The highest BCUT2D eigenvalue weighted by Crippen LogP contribution is 2.20. The van der Waals surface area contributed by atoms with Crippen LogP contribution in [0.3, 0.4) is 0 Å². The quantitative estimate of drug-likeness (QED) is 0.595. The van der Waals surface area contributed by atoms with Gasteiger partial charge in [0.15, 0.2) is 5.96 Å². The third kappa shape index (κ3) is 5.71. The highest BCUT2D eigenvalue weighted by atomic mass is 16.5. The van der Waals surface area contributed by atoms with E-state index in [1.165, 1.54) is 0 Å². The van der Waals surface area contributed by atoms with Gasteiger partial charge in [0.05, 0.1) is 19.3 Å². The lowest BCUT2D eigenvalue weighted by Crippen LogP contribution is -2.40. The second-order valence-corrected chi connectivity index (χ2v) is 6.70. The maximum atomic E-state index is 9.74. The molecular weight excluding hydrogens is 302 g/mol. The van der Waals surface area contributed by atoms with Crippen molar-refractivity contribution in [2.45, 2.75) is 46.3 Å². The van der Waals surface area contributed by atoms with Crippen LogP contribution < -0.4 is 10.1 Å². The average molecular weight is 333 g/mol. The normalized spacial score (nSPS) is 18.3. The zero-order valence-electron chi connectivity index (χ0n) is 15.2. The molecule has 1 aromatic carbocycles. The van der Waals surface area contributed by atoms with Gasteiger partial charge in [-0.1, -0.05) is 32.0 Å². The zero-order valence-corrected chi connectivity index (χ0v) is 15.2. The molecule has 5 nitrogen and oxygen atoms in total. The maximum Gasteiger partial charge on any atom is 0.194 e. The standard InChI is InChI=1S/C19H31N3O2/c1-4-20-19(22-11-9-17(23)14-22)21-13-16-7-5-6-8-18(16)24-12-10-15(2)3/h5-8,15,17,23H,4,9-14H2,1-3H3,(H,20,21)/t17-/m1/s1. The van der Waals surface area contributed by atoms with Gasteiger partial charge in [0.1, 0.15) is 5.75 Å². The summed E-state index contributed by atoms with van der Waals surface area (Å²) in [6.07, 6.45) is 1.60. The molecule has 1 aliphatic heterocycles. The molecule has 1 aliphatic rings. The van der Waals surface area contributed by atoms with Gasteiger partial charge in [-0.15, -0.1) is 0 Å². The lowest BCUT2D eigenvalue weighted by atomic mass is 10.1. The van der Waals surface area contributed by atoms with E-state index in [4.69, 9.17) is 9.73 Å². The van der Waals surface area contributed by atoms with Gasteiger partial charge in [-0.3, -0.25) is 0 Å². The first kappa shape index (κ1) is 18.6. The topological polar surface area (TPSA) is 57.1 Å². The number of nitrogens with one attached hydrogen (secondary N) is 1. The Bertz CT molecular complexity index is 531. The summed E-state index contributed by atoms with van der Waals surface area (Å²) in [5.74, 6) is 2.42. The number of aliphatic hydroxyl groups is 1. The van der Waals surface area contributed by atoms with E-state index in [-0.39, 0.29) is 6.10 Å². The lowest BCUT2D eigenvalue weighted by Gasteiger charge is -2.21. The lowest BCUT2D eigenvalue weighted by molar-refractivity contribution is 0.188. The molecule has 0 saturated carbocycles. The second kappa shape index (κ2) is 9.52. The smallest absolute Gasteiger partial charge is 0.194 e. The summed E-state index contributed by atoms with van der Waals surface area (Å²) in [4.78, 5) is 6.87. The molecule has 1 heterocycles. The van der Waals surface area contributed by atoms with E-state index in [1.807, 2.05) is 18.2 Å². The summed E-state index contributed by atoms with van der Waals surface area (Å²) in [6.45, 7) is 10.1. The fraction of sp³-hybridized carbons (Fsp3) is 0.632. The minimum absolute atomic E-state index is 0.250. The number of hydrogen-bond donors (Lipinski definition) is 2. The number of likely N-dealkylation sites (tertiary alicyclic amines) is 1. The molecule has 0 spiro atoms. The predicted octanol–water partition coefficient (Wildman–Crippen LogP) is 2.64. The van der Waals surface area contributed by atoms with Crippen molar-refractivity contribution in [2.75, 3.05) is 26.2 Å². The van der Waals surface area contributed by atoms with Crippen LogP contribution in [-0.4, -0.2) is 48.3 Å². The molecule has 1 saturated heterocycles. The molecular formula is C19H31N3O2. The van der Waals surface area contributed by atoms with Crippen molar-refractivity contribution in [1.29, 1.82) is 0 Å². The van der Waals surface area contributed by atoms with Crippen molar-refractivity contribution in [1.82, 2.24) is 10.2 Å². The number of β-amino-alcohol motifs (C(OH)–C–C–N with tert-alkyl or cyclic N) is 1. The molecule has 2 rings (SSSR count). The van der Waals surface area contributed by atoms with E-state index in [2.05, 4.69) is 37.1 Å². The molecule has 0 aliphatic carbocycles. The van der Waals surface area contributed by atoms with Crippen molar-refractivity contribution in [2.24, 2.45) is 10.9 Å². The SMILES string of the molecule is CCNC(=NCc1ccccc1OCCC(C)C)N1CC[C@@H](O)C1. The number of rotatable bonds is 7. The van der Waals surface area contributed by atoms with Crippen molar-refractivity contribution in [3.8, 4) is 5.75 Å². The summed E-state index contributed by atoms with van der Waals surface area (Å²) >= 11 is 0. The molecule has 1 aromatic rings. The van der Waals surface area contributed by atoms with Crippen molar-refractivity contribution < 1.29 is 9.84 Å². The van der Waals surface area contributed by atoms with Crippen LogP contribution in [0.2, 0.25) is 0 Å². The molecule has 0 aromatic heterocycles. The van der Waals surface area contributed by atoms with Crippen molar-refractivity contribution in [3.05, 3.63) is 29.8 Å². The van der Waals surface area contributed by atoms with Crippen LogP contribution in [-0.2, 0) is 6.54 Å². The van der Waals surface area contributed by atoms with Crippen LogP contribution in [0.1, 0.15) is 39.2 Å². The summed E-state index contributed by atoms with van der Waals surface area (Å²) in [5, 5.41) is 13.1. The summed E-state index contributed by atoms with van der Waals surface area (Å²) < 4.78 is 5.94. The maximum absolute atomic E-state index is 9.74. The minimum Gasteiger partial charge on any atom is -0.493 e. The molecule has 1 atom stereocenters. The number of nitrogens with zero attached hydrogens (tertiary/aromatic N) is 2. The first-order valence-corrected chi connectivity index (χ1v) is 9.02. The van der Waals surface area contributed by atoms with E-state index in [1.54, 1.807) is 0 Å². The number of benzene rings is 1. The minimum atomic E-state index is -0.250. The molecule has 2 N–H and O–H groups in total. The van der Waals surface area contributed by atoms with Gasteiger partial charge in [0.25, 0.3) is 0 Å². The zero-order chi connectivity index (χ0) is 17.4. The summed E-state index contributed by atoms with van der Waals surface area (Å²) in [7, 11) is 0. The average Bonchev–Trinajstić information content (AvgIpc) is 2.98. The molecule has 24 heavy (non-hydrogen) atoms. The fourth-order valence-electron chi connectivity index (χ4n) is 2.70. The number of guanidine groups is 1. The molecule has 0 unspecified atom stereocenters. The second-order valence-electron chi connectivity index (χ2n) is 6.70. The first-order chi connectivity index (χ1) is 11.6. The Morgan fingerprint density at radius 1 is 1.42 bits per heavy atom. The molecule has 0 bridgehead atoms. The molecule has 5 heteroatoms. The van der Waals surface area contributed by atoms with E-state index >= 15 is 0 Å². The van der Waals surface area contributed by atoms with Crippen LogP contribution in [0, 0.1) is 5.92 Å². The molecule has 1 fully saturated rings. The van der Waals surface area contributed by atoms with Gasteiger partial charge in [-0.05, 0) is 31.7 Å². The molecule has 0 amide bonds. The van der Waals surface area contributed by atoms with Crippen molar-refractivity contribution in [3.63, 3.8) is 0 Å². The predicted molar refractivity (Wildman–Crippen MR) is 98.4 cm³/mol. The Morgan fingerprint density at radius 3 is 2.88 bits per heavy atom. The summed E-state index contributed by atoms with van der Waals surface area (Å²) in [5.41, 5.74) is 1.09. The van der Waals surface area contributed by atoms with E-state index in [0.717, 1.165) is 49.8 Å². The number of aliphatic imine (C=N–C) groups is 1. The van der Waals surface area contributed by atoms with Gasteiger partial charge in [-0.2, -0.15) is 0 Å².